The molecule has 1 amide bonds. The van der Waals surface area contributed by atoms with Gasteiger partial charge in [-0.15, -0.1) is 11.3 Å². The molecule has 16 heavy (non-hydrogen) atoms. The first-order chi connectivity index (χ1) is 7.43. The van der Waals surface area contributed by atoms with Gasteiger partial charge in [-0.25, -0.2) is 0 Å². The molecule has 4 heteroatoms. The molecule has 1 heterocycles. The molecule has 0 fully saturated rings. The van der Waals surface area contributed by atoms with Crippen LogP contribution in [0.5, 0.6) is 0 Å². The average molecular weight is 241 g/mol. The summed E-state index contributed by atoms with van der Waals surface area (Å²) >= 11 is 1.46. The summed E-state index contributed by atoms with van der Waals surface area (Å²) in [5, 5.41) is 11.3. The predicted octanol–water partition coefficient (Wildman–Crippen LogP) is 2.29. The number of amides is 1. The van der Waals surface area contributed by atoms with Crippen LogP contribution in [0.2, 0.25) is 0 Å². The van der Waals surface area contributed by atoms with E-state index in [9.17, 15) is 9.90 Å². The third kappa shape index (κ3) is 3.06. The van der Waals surface area contributed by atoms with E-state index in [0.29, 0.717) is 6.54 Å². The lowest BCUT2D eigenvalue weighted by Gasteiger charge is -2.27. The molecule has 1 atom stereocenters. The van der Waals surface area contributed by atoms with Gasteiger partial charge in [0.25, 0.3) is 5.91 Å². The molecule has 0 radical (unpaired) electrons. The molecule has 0 spiro atoms. The molecule has 0 aliphatic carbocycles. The van der Waals surface area contributed by atoms with Gasteiger partial charge in [0.1, 0.15) is 0 Å². The highest BCUT2D eigenvalue weighted by molar-refractivity contribution is 7.12. The van der Waals surface area contributed by atoms with Gasteiger partial charge in [0, 0.05) is 12.6 Å². The number of nitrogens with zero attached hydrogens (tertiary/aromatic N) is 1. The van der Waals surface area contributed by atoms with Crippen molar-refractivity contribution in [2.45, 2.75) is 39.8 Å². The minimum Gasteiger partial charge on any atom is -0.392 e. The normalized spacial score (nSPS) is 12.9. The van der Waals surface area contributed by atoms with Crippen LogP contribution in [0.1, 0.15) is 36.0 Å². The van der Waals surface area contributed by atoms with E-state index in [-0.39, 0.29) is 11.9 Å². The van der Waals surface area contributed by atoms with Crippen molar-refractivity contribution in [3.05, 3.63) is 21.9 Å². The molecular formula is C12H19NO2S. The fraction of sp³-hybridized carbons (Fsp3) is 0.583. The van der Waals surface area contributed by atoms with Crippen molar-refractivity contribution in [1.29, 1.82) is 0 Å². The van der Waals surface area contributed by atoms with Gasteiger partial charge in [0.15, 0.2) is 0 Å². The van der Waals surface area contributed by atoms with E-state index < -0.39 is 6.10 Å². The third-order valence-corrected chi connectivity index (χ3v) is 3.41. The van der Waals surface area contributed by atoms with Crippen LogP contribution in [0.25, 0.3) is 0 Å². The second-order valence-electron chi connectivity index (χ2n) is 4.33. The molecule has 0 aliphatic rings. The summed E-state index contributed by atoms with van der Waals surface area (Å²) in [6.45, 7) is 7.94. The van der Waals surface area contributed by atoms with Gasteiger partial charge in [0.05, 0.1) is 11.0 Å². The van der Waals surface area contributed by atoms with Crippen LogP contribution in [-0.2, 0) is 0 Å². The number of thiophene rings is 1. The summed E-state index contributed by atoms with van der Waals surface area (Å²) in [6, 6.07) is 2.04. The Morgan fingerprint density at radius 3 is 2.50 bits per heavy atom. The van der Waals surface area contributed by atoms with Crippen molar-refractivity contribution in [1.82, 2.24) is 4.90 Å². The number of aryl methyl sites for hydroxylation is 1. The SMILES string of the molecule is Cc1ccsc1C(=O)N(CC(C)O)C(C)C. The van der Waals surface area contributed by atoms with Crippen molar-refractivity contribution in [3.8, 4) is 0 Å². The molecule has 1 aromatic rings. The fourth-order valence-corrected chi connectivity index (χ4v) is 2.42. The second-order valence-corrected chi connectivity index (χ2v) is 5.25. The third-order valence-electron chi connectivity index (χ3n) is 2.40. The predicted molar refractivity (Wildman–Crippen MR) is 66.9 cm³/mol. The Hall–Kier alpha value is -0.870. The molecule has 0 aromatic carbocycles. The van der Waals surface area contributed by atoms with E-state index in [1.807, 2.05) is 32.2 Å². The second kappa shape index (κ2) is 5.46. The highest BCUT2D eigenvalue weighted by Gasteiger charge is 2.22. The Morgan fingerprint density at radius 1 is 1.50 bits per heavy atom. The molecule has 0 aliphatic heterocycles. The van der Waals surface area contributed by atoms with E-state index in [1.165, 1.54) is 11.3 Å². The lowest BCUT2D eigenvalue weighted by Crippen LogP contribution is -2.41. The summed E-state index contributed by atoms with van der Waals surface area (Å²) in [5.41, 5.74) is 1.01. The number of hydrogen-bond acceptors (Lipinski definition) is 3. The summed E-state index contributed by atoms with van der Waals surface area (Å²) in [6.07, 6.45) is -0.494. The standard InChI is InChI=1S/C12H19NO2S/c1-8(2)13(7-10(4)14)12(15)11-9(3)5-6-16-11/h5-6,8,10,14H,7H2,1-4H3. The molecule has 0 saturated carbocycles. The van der Waals surface area contributed by atoms with Crippen molar-refractivity contribution in [2.75, 3.05) is 6.54 Å². The van der Waals surface area contributed by atoms with Gasteiger partial charge in [-0.3, -0.25) is 4.79 Å². The van der Waals surface area contributed by atoms with Crippen molar-refractivity contribution < 1.29 is 9.90 Å². The van der Waals surface area contributed by atoms with Gasteiger partial charge in [-0.05, 0) is 44.7 Å². The van der Waals surface area contributed by atoms with E-state index >= 15 is 0 Å². The van der Waals surface area contributed by atoms with Crippen LogP contribution < -0.4 is 0 Å². The maximum atomic E-state index is 12.2. The van der Waals surface area contributed by atoms with Crippen LogP contribution in [0.15, 0.2) is 11.4 Å². The smallest absolute Gasteiger partial charge is 0.264 e. The van der Waals surface area contributed by atoms with Crippen LogP contribution in [0.4, 0.5) is 0 Å². The monoisotopic (exact) mass is 241 g/mol. The first kappa shape index (κ1) is 13.2. The number of hydrogen-bond donors (Lipinski definition) is 1. The largest absolute Gasteiger partial charge is 0.392 e. The zero-order chi connectivity index (χ0) is 12.3. The summed E-state index contributed by atoms with van der Waals surface area (Å²) in [7, 11) is 0. The lowest BCUT2D eigenvalue weighted by molar-refractivity contribution is 0.0583. The molecule has 0 bridgehead atoms. The molecule has 1 N–H and O–H groups in total. The lowest BCUT2D eigenvalue weighted by atomic mass is 10.2. The first-order valence-corrected chi connectivity index (χ1v) is 6.34. The van der Waals surface area contributed by atoms with Gasteiger partial charge >= 0.3 is 0 Å². The van der Waals surface area contributed by atoms with E-state index in [0.717, 1.165) is 10.4 Å². The number of carbonyl (C=O) groups excluding carboxylic acids is 1. The minimum absolute atomic E-state index is 0.0170. The first-order valence-electron chi connectivity index (χ1n) is 5.46. The van der Waals surface area contributed by atoms with Crippen LogP contribution in [-0.4, -0.2) is 34.6 Å². The van der Waals surface area contributed by atoms with Crippen molar-refractivity contribution in [3.63, 3.8) is 0 Å². The number of rotatable bonds is 4. The number of carbonyl (C=O) groups is 1. The Bertz CT molecular complexity index is 358. The molecule has 3 nitrogen and oxygen atoms in total. The average Bonchev–Trinajstić information content (AvgIpc) is 2.59. The van der Waals surface area contributed by atoms with E-state index in [2.05, 4.69) is 0 Å². The zero-order valence-corrected chi connectivity index (χ0v) is 11.0. The van der Waals surface area contributed by atoms with E-state index in [1.54, 1.807) is 11.8 Å². The Morgan fingerprint density at radius 2 is 2.12 bits per heavy atom. The maximum Gasteiger partial charge on any atom is 0.264 e. The zero-order valence-electron chi connectivity index (χ0n) is 10.2. The van der Waals surface area contributed by atoms with Gasteiger partial charge < -0.3 is 10.0 Å². The highest BCUT2D eigenvalue weighted by atomic mass is 32.1. The summed E-state index contributed by atoms with van der Waals surface area (Å²) in [5.74, 6) is 0.0170. The fourth-order valence-electron chi connectivity index (χ4n) is 1.54. The van der Waals surface area contributed by atoms with E-state index in [4.69, 9.17) is 0 Å². The number of aliphatic hydroxyl groups is 1. The maximum absolute atomic E-state index is 12.2. The molecule has 1 unspecified atom stereocenters. The molecule has 1 rings (SSSR count). The van der Waals surface area contributed by atoms with Crippen molar-refractivity contribution >= 4 is 17.2 Å². The topological polar surface area (TPSA) is 40.5 Å². The molecule has 90 valence electrons. The minimum atomic E-state index is -0.494. The summed E-state index contributed by atoms with van der Waals surface area (Å²) < 4.78 is 0. The van der Waals surface area contributed by atoms with Gasteiger partial charge in [-0.2, -0.15) is 0 Å². The molecule has 1 aromatic heterocycles. The Balaban J connectivity index is 2.88. The Labute approximate surface area is 101 Å². The van der Waals surface area contributed by atoms with Crippen LogP contribution >= 0.6 is 11.3 Å². The Kier molecular flexibility index (Phi) is 4.50. The van der Waals surface area contributed by atoms with Gasteiger partial charge in [-0.1, -0.05) is 0 Å². The summed E-state index contributed by atoms with van der Waals surface area (Å²) in [4.78, 5) is 14.7. The van der Waals surface area contributed by atoms with Crippen molar-refractivity contribution in [2.24, 2.45) is 0 Å². The highest BCUT2D eigenvalue weighted by Crippen LogP contribution is 2.19. The number of aliphatic hydroxyl groups excluding tert-OH is 1. The molecule has 0 saturated heterocycles. The van der Waals surface area contributed by atoms with Crippen LogP contribution in [0.3, 0.4) is 0 Å². The van der Waals surface area contributed by atoms with Gasteiger partial charge in [0.2, 0.25) is 0 Å². The van der Waals surface area contributed by atoms with Crippen LogP contribution in [0, 0.1) is 6.92 Å². The quantitative estimate of drug-likeness (QED) is 0.878. The molecular weight excluding hydrogens is 222 g/mol.